The molecule has 1 amide bonds. The standard InChI is InChI=1S/C16H21N3O3S/c1-10-7-14(18-22-10)21-9-15(20)19-6-4-5-13(8-19)16-17-11(2)12(3)23-16/h7,13H,4-6,8-9H2,1-3H3/t13-/m0/s1. The first-order chi connectivity index (χ1) is 11.0. The van der Waals surface area contributed by atoms with E-state index in [0.29, 0.717) is 24.1 Å². The second-order valence-electron chi connectivity index (χ2n) is 5.94. The van der Waals surface area contributed by atoms with Crippen LogP contribution in [0.15, 0.2) is 10.6 Å². The number of hydrogen-bond acceptors (Lipinski definition) is 6. The van der Waals surface area contributed by atoms with Gasteiger partial charge in [-0.1, -0.05) is 0 Å². The van der Waals surface area contributed by atoms with E-state index in [2.05, 4.69) is 17.1 Å². The maximum Gasteiger partial charge on any atom is 0.260 e. The Morgan fingerprint density at radius 3 is 2.96 bits per heavy atom. The number of piperidine rings is 1. The minimum absolute atomic E-state index is 0.00534. The van der Waals surface area contributed by atoms with E-state index in [1.165, 1.54) is 4.88 Å². The van der Waals surface area contributed by atoms with E-state index >= 15 is 0 Å². The first-order valence-electron chi connectivity index (χ1n) is 7.80. The molecule has 2 aromatic heterocycles. The van der Waals surface area contributed by atoms with Crippen LogP contribution in [0.1, 0.15) is 40.1 Å². The molecule has 0 aromatic carbocycles. The zero-order chi connectivity index (χ0) is 16.4. The second kappa shape index (κ2) is 6.70. The smallest absolute Gasteiger partial charge is 0.260 e. The van der Waals surface area contributed by atoms with Crippen molar-refractivity contribution in [1.82, 2.24) is 15.0 Å². The summed E-state index contributed by atoms with van der Waals surface area (Å²) in [5.41, 5.74) is 1.10. The van der Waals surface area contributed by atoms with Gasteiger partial charge in [0.25, 0.3) is 11.8 Å². The molecule has 0 unspecified atom stereocenters. The van der Waals surface area contributed by atoms with E-state index in [1.807, 2.05) is 11.8 Å². The van der Waals surface area contributed by atoms with Gasteiger partial charge in [0.05, 0.1) is 10.7 Å². The van der Waals surface area contributed by atoms with Crippen molar-refractivity contribution >= 4 is 17.2 Å². The van der Waals surface area contributed by atoms with E-state index < -0.39 is 0 Å². The van der Waals surface area contributed by atoms with E-state index in [1.54, 1.807) is 24.3 Å². The van der Waals surface area contributed by atoms with Gasteiger partial charge in [0.1, 0.15) is 5.76 Å². The maximum absolute atomic E-state index is 12.4. The summed E-state index contributed by atoms with van der Waals surface area (Å²) in [5, 5.41) is 4.88. The van der Waals surface area contributed by atoms with Crippen LogP contribution in [0.3, 0.4) is 0 Å². The zero-order valence-electron chi connectivity index (χ0n) is 13.7. The van der Waals surface area contributed by atoms with Crippen LogP contribution in [0, 0.1) is 20.8 Å². The molecule has 0 aliphatic carbocycles. The van der Waals surface area contributed by atoms with E-state index in [0.717, 1.165) is 30.1 Å². The van der Waals surface area contributed by atoms with Crippen LogP contribution in [-0.4, -0.2) is 40.6 Å². The van der Waals surface area contributed by atoms with Crippen molar-refractivity contribution in [3.05, 3.63) is 27.4 Å². The Labute approximate surface area is 139 Å². The molecule has 1 aliphatic heterocycles. The molecule has 7 heteroatoms. The first-order valence-corrected chi connectivity index (χ1v) is 8.62. The van der Waals surface area contributed by atoms with Crippen LogP contribution in [-0.2, 0) is 4.79 Å². The quantitative estimate of drug-likeness (QED) is 0.859. The van der Waals surface area contributed by atoms with E-state index in [4.69, 9.17) is 9.26 Å². The molecular weight excluding hydrogens is 314 g/mol. The molecule has 6 nitrogen and oxygen atoms in total. The Balaban J connectivity index is 1.58. The van der Waals surface area contributed by atoms with Crippen molar-refractivity contribution in [2.24, 2.45) is 0 Å². The average Bonchev–Trinajstić information content (AvgIpc) is 3.11. The normalized spacial score (nSPS) is 18.2. The minimum atomic E-state index is -0.0136. The highest BCUT2D eigenvalue weighted by Crippen LogP contribution is 2.31. The fourth-order valence-corrected chi connectivity index (χ4v) is 3.76. The van der Waals surface area contributed by atoms with Crippen LogP contribution in [0.4, 0.5) is 0 Å². The number of hydrogen-bond donors (Lipinski definition) is 0. The highest BCUT2D eigenvalue weighted by Gasteiger charge is 2.27. The van der Waals surface area contributed by atoms with Crippen LogP contribution in [0.5, 0.6) is 5.88 Å². The molecule has 0 saturated carbocycles. The number of rotatable bonds is 4. The minimum Gasteiger partial charge on any atom is -0.465 e. The third-order valence-corrected chi connectivity index (χ3v) is 5.35. The number of thiazole rings is 1. The number of nitrogens with zero attached hydrogens (tertiary/aromatic N) is 3. The fraction of sp³-hybridized carbons (Fsp3) is 0.562. The summed E-state index contributed by atoms with van der Waals surface area (Å²) in [6.07, 6.45) is 2.08. The lowest BCUT2D eigenvalue weighted by molar-refractivity contribution is -0.134. The number of amides is 1. The molecular formula is C16H21N3O3S. The predicted octanol–water partition coefficient (Wildman–Crippen LogP) is 2.84. The number of carbonyl (C=O) groups excluding carboxylic acids is 1. The number of aromatic nitrogens is 2. The lowest BCUT2D eigenvalue weighted by Gasteiger charge is -2.31. The molecule has 1 saturated heterocycles. The Morgan fingerprint density at radius 1 is 1.48 bits per heavy atom. The lowest BCUT2D eigenvalue weighted by atomic mass is 9.99. The van der Waals surface area contributed by atoms with Gasteiger partial charge in [-0.15, -0.1) is 11.3 Å². The Hall–Kier alpha value is -1.89. The predicted molar refractivity (Wildman–Crippen MR) is 86.9 cm³/mol. The van der Waals surface area contributed by atoms with Gasteiger partial charge in [-0.25, -0.2) is 4.98 Å². The van der Waals surface area contributed by atoms with Crippen molar-refractivity contribution in [3.8, 4) is 5.88 Å². The Morgan fingerprint density at radius 2 is 2.30 bits per heavy atom. The summed E-state index contributed by atoms with van der Waals surface area (Å²) in [5.74, 6) is 1.34. The fourth-order valence-electron chi connectivity index (χ4n) is 2.72. The molecule has 0 N–H and O–H groups in total. The molecule has 0 radical (unpaired) electrons. The van der Waals surface area contributed by atoms with Gasteiger partial charge in [-0.2, -0.15) is 0 Å². The van der Waals surface area contributed by atoms with Gasteiger partial charge in [0.15, 0.2) is 6.61 Å². The van der Waals surface area contributed by atoms with Gasteiger partial charge in [-0.3, -0.25) is 4.79 Å². The summed E-state index contributed by atoms with van der Waals surface area (Å²) >= 11 is 1.74. The average molecular weight is 335 g/mol. The summed E-state index contributed by atoms with van der Waals surface area (Å²) in [4.78, 5) is 20.1. The first kappa shape index (κ1) is 16.0. The van der Waals surface area contributed by atoms with Crippen molar-refractivity contribution < 1.29 is 14.1 Å². The Bertz CT molecular complexity index is 675. The maximum atomic E-state index is 12.4. The van der Waals surface area contributed by atoms with Crippen molar-refractivity contribution in [1.29, 1.82) is 0 Å². The van der Waals surface area contributed by atoms with E-state index in [9.17, 15) is 4.79 Å². The van der Waals surface area contributed by atoms with Gasteiger partial charge < -0.3 is 14.2 Å². The number of likely N-dealkylation sites (tertiary alicyclic amines) is 1. The van der Waals surface area contributed by atoms with Crippen LogP contribution in [0.25, 0.3) is 0 Å². The molecule has 124 valence electrons. The van der Waals surface area contributed by atoms with Crippen LogP contribution in [0.2, 0.25) is 0 Å². The summed E-state index contributed by atoms with van der Waals surface area (Å²) in [6, 6.07) is 1.67. The molecule has 1 atom stereocenters. The molecule has 0 spiro atoms. The lowest BCUT2D eigenvalue weighted by Crippen LogP contribution is -2.41. The number of ether oxygens (including phenoxy) is 1. The summed E-state index contributed by atoms with van der Waals surface area (Å²) < 4.78 is 10.3. The van der Waals surface area contributed by atoms with E-state index in [-0.39, 0.29) is 12.5 Å². The molecule has 23 heavy (non-hydrogen) atoms. The van der Waals surface area contributed by atoms with Gasteiger partial charge in [-0.05, 0) is 38.8 Å². The largest absolute Gasteiger partial charge is 0.465 e. The van der Waals surface area contributed by atoms with Crippen molar-refractivity contribution in [2.75, 3.05) is 19.7 Å². The highest BCUT2D eigenvalue weighted by molar-refractivity contribution is 7.11. The molecule has 3 rings (SSSR count). The van der Waals surface area contributed by atoms with Crippen LogP contribution < -0.4 is 4.74 Å². The van der Waals surface area contributed by atoms with Gasteiger partial charge >= 0.3 is 0 Å². The molecule has 2 aromatic rings. The molecule has 3 heterocycles. The molecule has 1 fully saturated rings. The third kappa shape index (κ3) is 3.72. The Kier molecular flexibility index (Phi) is 4.66. The van der Waals surface area contributed by atoms with Gasteiger partial charge in [0.2, 0.25) is 0 Å². The summed E-state index contributed by atoms with van der Waals surface area (Å²) in [7, 11) is 0. The molecule has 1 aliphatic rings. The highest BCUT2D eigenvalue weighted by atomic mass is 32.1. The topological polar surface area (TPSA) is 68.5 Å². The summed E-state index contributed by atoms with van der Waals surface area (Å²) in [6.45, 7) is 7.40. The molecule has 0 bridgehead atoms. The van der Waals surface area contributed by atoms with Crippen molar-refractivity contribution in [3.63, 3.8) is 0 Å². The zero-order valence-corrected chi connectivity index (χ0v) is 14.5. The number of carbonyl (C=O) groups is 1. The third-order valence-electron chi connectivity index (χ3n) is 4.12. The van der Waals surface area contributed by atoms with Crippen LogP contribution >= 0.6 is 11.3 Å². The SMILES string of the molecule is Cc1cc(OCC(=O)N2CCC[C@H](c3nc(C)c(C)s3)C2)no1. The monoisotopic (exact) mass is 335 g/mol. The van der Waals surface area contributed by atoms with Crippen molar-refractivity contribution in [2.45, 2.75) is 39.5 Å². The van der Waals surface area contributed by atoms with Gasteiger partial charge in [0, 0.05) is 30.0 Å². The second-order valence-corrected chi connectivity index (χ2v) is 7.17. The number of aryl methyl sites for hydroxylation is 3.